The van der Waals surface area contributed by atoms with Crippen molar-refractivity contribution >= 4 is 11.4 Å². The van der Waals surface area contributed by atoms with Gasteiger partial charge in [0.05, 0.1) is 11.4 Å². The molecule has 1 aromatic rings. The van der Waals surface area contributed by atoms with Gasteiger partial charge in [0.25, 0.3) is 0 Å². The van der Waals surface area contributed by atoms with Crippen LogP contribution in [0.2, 0.25) is 0 Å². The van der Waals surface area contributed by atoms with E-state index in [9.17, 15) is 0 Å². The quantitative estimate of drug-likeness (QED) is 0.707. The second-order valence-electron chi connectivity index (χ2n) is 5.72. The molecular weight excluding hydrogens is 210 g/mol. The molecule has 1 fully saturated rings. The standard InChI is InChI=1S/C14H19N3/c1-14-9-15-6-5-12(14)17-8-7-16-11-4-2-3-10(14)13(11)17/h2-4,12,15-16H,5-9H2,1H3/t12?,14-/m0/s1. The first-order valence-electron chi connectivity index (χ1n) is 6.65. The van der Waals surface area contributed by atoms with Gasteiger partial charge in [-0.3, -0.25) is 0 Å². The highest BCUT2D eigenvalue weighted by molar-refractivity contribution is 5.81. The maximum absolute atomic E-state index is 3.58. The van der Waals surface area contributed by atoms with E-state index in [-0.39, 0.29) is 0 Å². The number of para-hydroxylation sites is 1. The molecule has 0 aromatic heterocycles. The van der Waals surface area contributed by atoms with Crippen LogP contribution in [-0.4, -0.2) is 32.2 Å². The Morgan fingerprint density at radius 3 is 3.24 bits per heavy atom. The van der Waals surface area contributed by atoms with Crippen molar-refractivity contribution in [3.63, 3.8) is 0 Å². The van der Waals surface area contributed by atoms with Crippen LogP contribution in [0.25, 0.3) is 0 Å². The first kappa shape index (κ1) is 9.77. The van der Waals surface area contributed by atoms with E-state index in [2.05, 4.69) is 40.7 Å². The Morgan fingerprint density at radius 1 is 1.35 bits per heavy atom. The van der Waals surface area contributed by atoms with Crippen molar-refractivity contribution in [2.45, 2.75) is 24.8 Å². The summed E-state index contributed by atoms with van der Waals surface area (Å²) in [4.78, 5) is 2.65. The summed E-state index contributed by atoms with van der Waals surface area (Å²) in [6.45, 7) is 6.94. The summed E-state index contributed by atoms with van der Waals surface area (Å²) in [6, 6.07) is 7.44. The van der Waals surface area contributed by atoms with Gasteiger partial charge in [0.2, 0.25) is 0 Å². The van der Waals surface area contributed by atoms with Gasteiger partial charge < -0.3 is 15.5 Å². The van der Waals surface area contributed by atoms with Crippen LogP contribution in [0.5, 0.6) is 0 Å². The summed E-state index contributed by atoms with van der Waals surface area (Å²) in [5.41, 5.74) is 4.66. The van der Waals surface area contributed by atoms with Crippen molar-refractivity contribution in [1.29, 1.82) is 0 Å². The molecule has 3 aliphatic rings. The van der Waals surface area contributed by atoms with E-state index in [1.807, 2.05) is 0 Å². The van der Waals surface area contributed by atoms with Crippen molar-refractivity contribution in [2.24, 2.45) is 0 Å². The average Bonchev–Trinajstić information content (AvgIpc) is 2.63. The third-order valence-electron chi connectivity index (χ3n) is 4.81. The Bertz CT molecular complexity index is 471. The van der Waals surface area contributed by atoms with Gasteiger partial charge in [-0.05, 0) is 24.6 Å². The third-order valence-corrected chi connectivity index (χ3v) is 4.81. The molecule has 1 aromatic carbocycles. The number of hydrogen-bond acceptors (Lipinski definition) is 3. The van der Waals surface area contributed by atoms with Crippen molar-refractivity contribution in [2.75, 3.05) is 36.4 Å². The zero-order chi connectivity index (χ0) is 11.5. The predicted octanol–water partition coefficient (Wildman–Crippen LogP) is 1.55. The second-order valence-corrected chi connectivity index (χ2v) is 5.72. The van der Waals surface area contributed by atoms with Gasteiger partial charge in [0.15, 0.2) is 0 Å². The van der Waals surface area contributed by atoms with Gasteiger partial charge in [-0.25, -0.2) is 0 Å². The van der Waals surface area contributed by atoms with E-state index in [1.165, 1.54) is 17.8 Å². The summed E-state index contributed by atoms with van der Waals surface area (Å²) in [7, 11) is 0. The number of anilines is 2. The third kappa shape index (κ3) is 1.10. The molecule has 3 heterocycles. The number of piperidine rings is 1. The maximum atomic E-state index is 3.58. The lowest BCUT2D eigenvalue weighted by Crippen LogP contribution is -2.55. The fourth-order valence-corrected chi connectivity index (χ4v) is 3.99. The summed E-state index contributed by atoms with van der Waals surface area (Å²) < 4.78 is 0. The molecule has 2 N–H and O–H groups in total. The lowest BCUT2D eigenvalue weighted by molar-refractivity contribution is 0.299. The molecule has 0 amide bonds. The minimum Gasteiger partial charge on any atom is -0.382 e. The molecule has 2 atom stereocenters. The second kappa shape index (κ2) is 3.16. The predicted molar refractivity (Wildman–Crippen MR) is 70.9 cm³/mol. The molecule has 3 heteroatoms. The van der Waals surface area contributed by atoms with Crippen LogP contribution in [0.4, 0.5) is 11.4 Å². The zero-order valence-corrected chi connectivity index (χ0v) is 10.3. The van der Waals surface area contributed by atoms with Crippen molar-refractivity contribution in [3.05, 3.63) is 23.8 Å². The average molecular weight is 229 g/mol. The van der Waals surface area contributed by atoms with E-state index in [1.54, 1.807) is 5.56 Å². The van der Waals surface area contributed by atoms with Crippen LogP contribution in [0, 0.1) is 0 Å². The van der Waals surface area contributed by atoms with Crippen LogP contribution in [0.15, 0.2) is 18.2 Å². The van der Waals surface area contributed by atoms with E-state index in [0.29, 0.717) is 11.5 Å². The fraction of sp³-hybridized carbons (Fsp3) is 0.571. The number of nitrogens with zero attached hydrogens (tertiary/aromatic N) is 1. The molecule has 3 nitrogen and oxygen atoms in total. The van der Waals surface area contributed by atoms with E-state index in [4.69, 9.17) is 0 Å². The highest BCUT2D eigenvalue weighted by Gasteiger charge is 2.50. The molecule has 0 spiro atoms. The molecule has 0 aliphatic carbocycles. The molecule has 0 bridgehead atoms. The van der Waals surface area contributed by atoms with E-state index < -0.39 is 0 Å². The van der Waals surface area contributed by atoms with Crippen molar-refractivity contribution < 1.29 is 0 Å². The summed E-state index contributed by atoms with van der Waals surface area (Å²) in [5.74, 6) is 0. The normalized spacial score (nSPS) is 33.9. The number of benzene rings is 1. The van der Waals surface area contributed by atoms with E-state index >= 15 is 0 Å². The van der Waals surface area contributed by atoms with Gasteiger partial charge in [0, 0.05) is 31.1 Å². The Morgan fingerprint density at radius 2 is 2.29 bits per heavy atom. The minimum atomic E-state index is 0.301. The first-order valence-corrected chi connectivity index (χ1v) is 6.65. The van der Waals surface area contributed by atoms with Gasteiger partial charge in [0.1, 0.15) is 0 Å². The molecule has 0 radical (unpaired) electrons. The smallest absolute Gasteiger partial charge is 0.0644 e. The topological polar surface area (TPSA) is 27.3 Å². The molecule has 90 valence electrons. The van der Waals surface area contributed by atoms with Crippen LogP contribution in [0.1, 0.15) is 18.9 Å². The number of nitrogens with one attached hydrogen (secondary N) is 2. The molecule has 4 rings (SSSR count). The monoisotopic (exact) mass is 229 g/mol. The summed E-state index contributed by atoms with van der Waals surface area (Å²) in [5, 5.41) is 7.11. The molecule has 3 aliphatic heterocycles. The Hall–Kier alpha value is -1.22. The van der Waals surface area contributed by atoms with Crippen molar-refractivity contribution in [1.82, 2.24) is 5.32 Å². The molecular formula is C14H19N3. The Kier molecular flexibility index (Phi) is 1.82. The molecule has 0 saturated carbocycles. The molecule has 1 unspecified atom stereocenters. The SMILES string of the molecule is C[C@@]12CNCCC1N1CCNc3cccc2c31. The Balaban J connectivity index is 1.95. The van der Waals surface area contributed by atoms with Crippen LogP contribution < -0.4 is 15.5 Å². The summed E-state index contributed by atoms with van der Waals surface area (Å²) >= 11 is 0. The van der Waals surface area contributed by atoms with E-state index in [0.717, 1.165) is 26.2 Å². The number of hydrogen-bond donors (Lipinski definition) is 2. The van der Waals surface area contributed by atoms with Gasteiger partial charge >= 0.3 is 0 Å². The zero-order valence-electron chi connectivity index (χ0n) is 10.3. The minimum absolute atomic E-state index is 0.301. The van der Waals surface area contributed by atoms with Gasteiger partial charge in [-0.2, -0.15) is 0 Å². The fourth-order valence-electron chi connectivity index (χ4n) is 3.99. The van der Waals surface area contributed by atoms with Crippen LogP contribution >= 0.6 is 0 Å². The lowest BCUT2D eigenvalue weighted by atomic mass is 9.75. The van der Waals surface area contributed by atoms with Crippen LogP contribution in [-0.2, 0) is 5.41 Å². The van der Waals surface area contributed by atoms with Crippen LogP contribution in [0.3, 0.4) is 0 Å². The molecule has 1 saturated heterocycles. The highest BCUT2D eigenvalue weighted by Crippen LogP contribution is 2.51. The highest BCUT2D eigenvalue weighted by atomic mass is 15.3. The first-order chi connectivity index (χ1) is 8.31. The maximum Gasteiger partial charge on any atom is 0.0644 e. The molecule has 17 heavy (non-hydrogen) atoms. The van der Waals surface area contributed by atoms with Crippen molar-refractivity contribution in [3.8, 4) is 0 Å². The van der Waals surface area contributed by atoms with Gasteiger partial charge in [-0.1, -0.05) is 19.1 Å². The largest absolute Gasteiger partial charge is 0.382 e. The number of rotatable bonds is 0. The summed E-state index contributed by atoms with van der Waals surface area (Å²) in [6.07, 6.45) is 1.27. The lowest BCUT2D eigenvalue weighted by Gasteiger charge is -2.41. The van der Waals surface area contributed by atoms with Gasteiger partial charge in [-0.15, -0.1) is 0 Å². The Labute approximate surface area is 102 Å². The number of fused-ring (bicyclic) bond motifs is 3.